The molecule has 1 rings (SSSR count). The monoisotopic (exact) mass is 281 g/mol. The Morgan fingerprint density at radius 1 is 1.22 bits per heavy atom. The van der Waals surface area contributed by atoms with E-state index >= 15 is 0 Å². The van der Waals surface area contributed by atoms with Gasteiger partial charge in [0.05, 0.1) is 6.61 Å². The second-order valence-corrected chi connectivity index (χ2v) is 4.10. The summed E-state index contributed by atoms with van der Waals surface area (Å²) in [6.45, 7) is -0.296. The van der Waals surface area contributed by atoms with Crippen molar-refractivity contribution < 1.29 is 17.9 Å². The summed E-state index contributed by atoms with van der Waals surface area (Å²) in [5, 5.41) is 2.93. The van der Waals surface area contributed by atoms with Crippen molar-refractivity contribution in [2.45, 2.75) is 18.8 Å². The second-order valence-electron chi connectivity index (χ2n) is 3.79. The molecule has 102 valence electrons. The maximum Gasteiger partial charge on any atom is 0.522 e. The minimum absolute atomic E-state index is 0.0640. The van der Waals surface area contributed by atoms with Crippen LogP contribution in [0.25, 0.3) is 0 Å². The van der Waals surface area contributed by atoms with Gasteiger partial charge in [-0.05, 0) is 12.0 Å². The van der Waals surface area contributed by atoms with Gasteiger partial charge in [0, 0.05) is 18.5 Å². The highest BCUT2D eigenvalue weighted by atomic mass is 35.5. The van der Waals surface area contributed by atoms with Crippen molar-refractivity contribution in [2.24, 2.45) is 0 Å². The van der Waals surface area contributed by atoms with E-state index in [-0.39, 0.29) is 12.6 Å². The van der Waals surface area contributed by atoms with Gasteiger partial charge in [0.15, 0.2) is 0 Å². The zero-order valence-corrected chi connectivity index (χ0v) is 10.5. The van der Waals surface area contributed by atoms with Gasteiger partial charge >= 0.3 is 6.36 Å². The zero-order valence-electron chi connectivity index (χ0n) is 9.71. The molecule has 0 aliphatic rings. The Balaban J connectivity index is 2.26. The molecule has 0 bridgehead atoms. The van der Waals surface area contributed by atoms with Crippen LogP contribution < -0.4 is 5.32 Å². The molecule has 0 saturated carbocycles. The van der Waals surface area contributed by atoms with Crippen molar-refractivity contribution in [2.75, 3.05) is 19.0 Å². The number of hydrogen-bond acceptors (Lipinski definition) is 2. The first-order valence-corrected chi connectivity index (χ1v) is 6.08. The van der Waals surface area contributed by atoms with E-state index in [1.165, 1.54) is 0 Å². The Hall–Kier alpha value is -0.780. The van der Waals surface area contributed by atoms with E-state index in [4.69, 9.17) is 11.6 Å². The normalized spacial score (nSPS) is 13.6. The van der Waals surface area contributed by atoms with E-state index in [1.807, 2.05) is 30.3 Å². The Bertz CT molecular complexity index is 332. The number of ether oxygens (including phenoxy) is 1. The van der Waals surface area contributed by atoms with Gasteiger partial charge in [0.1, 0.15) is 0 Å². The molecule has 1 aromatic carbocycles. The molecule has 0 amide bonds. The van der Waals surface area contributed by atoms with E-state index in [2.05, 4.69) is 10.1 Å². The van der Waals surface area contributed by atoms with Crippen LogP contribution in [0, 0.1) is 0 Å². The number of alkyl halides is 4. The highest BCUT2D eigenvalue weighted by Crippen LogP contribution is 2.15. The molecule has 0 spiro atoms. The molecule has 0 saturated heterocycles. The maximum atomic E-state index is 11.7. The summed E-state index contributed by atoms with van der Waals surface area (Å²) in [4.78, 5) is 0. The lowest BCUT2D eigenvalue weighted by molar-refractivity contribution is -0.323. The number of halogens is 4. The predicted octanol–water partition coefficient (Wildman–Crippen LogP) is 2.96. The Labute approximate surface area is 109 Å². The van der Waals surface area contributed by atoms with Gasteiger partial charge in [-0.2, -0.15) is 0 Å². The Morgan fingerprint density at radius 3 is 2.44 bits per heavy atom. The van der Waals surface area contributed by atoms with Crippen molar-refractivity contribution in [1.82, 2.24) is 5.32 Å². The quantitative estimate of drug-likeness (QED) is 0.613. The van der Waals surface area contributed by atoms with Crippen molar-refractivity contribution in [3.8, 4) is 0 Å². The van der Waals surface area contributed by atoms with E-state index in [9.17, 15) is 13.2 Å². The van der Waals surface area contributed by atoms with Gasteiger partial charge in [0.25, 0.3) is 0 Å². The number of hydrogen-bond donors (Lipinski definition) is 1. The summed E-state index contributed by atoms with van der Waals surface area (Å²) in [5.74, 6) is 0.334. The lowest BCUT2D eigenvalue weighted by Gasteiger charge is -2.16. The van der Waals surface area contributed by atoms with E-state index in [0.717, 1.165) is 5.56 Å². The maximum absolute atomic E-state index is 11.7. The van der Waals surface area contributed by atoms with Gasteiger partial charge in [-0.25, -0.2) is 0 Å². The molecule has 0 aromatic heterocycles. The fourth-order valence-corrected chi connectivity index (χ4v) is 1.73. The Kier molecular flexibility index (Phi) is 6.46. The average Bonchev–Trinajstić information content (AvgIpc) is 2.33. The van der Waals surface area contributed by atoms with E-state index in [0.29, 0.717) is 12.3 Å². The van der Waals surface area contributed by atoms with Gasteiger partial charge < -0.3 is 5.32 Å². The summed E-state index contributed by atoms with van der Waals surface area (Å²) in [6, 6.07) is 9.57. The van der Waals surface area contributed by atoms with Crippen LogP contribution in [-0.4, -0.2) is 31.4 Å². The molecule has 0 aliphatic heterocycles. The molecule has 0 aliphatic carbocycles. The van der Waals surface area contributed by atoms with Crippen molar-refractivity contribution in [3.05, 3.63) is 35.9 Å². The predicted molar refractivity (Wildman–Crippen MR) is 64.7 cm³/mol. The van der Waals surface area contributed by atoms with Crippen LogP contribution in [-0.2, 0) is 11.2 Å². The van der Waals surface area contributed by atoms with Crippen LogP contribution in [0.15, 0.2) is 30.3 Å². The largest absolute Gasteiger partial charge is 0.522 e. The smallest absolute Gasteiger partial charge is 0.310 e. The third-order valence-electron chi connectivity index (χ3n) is 2.31. The van der Waals surface area contributed by atoms with E-state index in [1.54, 1.807) is 0 Å². The topological polar surface area (TPSA) is 21.3 Å². The molecule has 0 heterocycles. The van der Waals surface area contributed by atoms with Crippen molar-refractivity contribution in [3.63, 3.8) is 0 Å². The lowest BCUT2D eigenvalue weighted by atomic mass is 10.1. The van der Waals surface area contributed by atoms with Crippen molar-refractivity contribution in [1.29, 1.82) is 0 Å². The summed E-state index contributed by atoms with van der Waals surface area (Å²) in [5.41, 5.74) is 1.09. The average molecular weight is 282 g/mol. The van der Waals surface area contributed by atoms with Gasteiger partial charge in [-0.15, -0.1) is 24.8 Å². The van der Waals surface area contributed by atoms with Crippen LogP contribution >= 0.6 is 11.6 Å². The van der Waals surface area contributed by atoms with Crippen molar-refractivity contribution >= 4 is 11.6 Å². The first kappa shape index (κ1) is 15.3. The summed E-state index contributed by atoms with van der Waals surface area (Å²) < 4.78 is 38.9. The number of rotatable bonds is 7. The third-order valence-corrected chi connectivity index (χ3v) is 2.68. The minimum atomic E-state index is -4.57. The van der Waals surface area contributed by atoms with Crippen LogP contribution in [0.3, 0.4) is 0 Å². The minimum Gasteiger partial charge on any atom is -0.310 e. The molecule has 6 heteroatoms. The third kappa shape index (κ3) is 6.83. The SMILES string of the molecule is FC(F)(F)OCCNC(CCl)Cc1ccccc1. The second kappa shape index (κ2) is 7.61. The molecule has 1 aromatic rings. The fourth-order valence-electron chi connectivity index (χ4n) is 1.51. The van der Waals surface area contributed by atoms with Gasteiger partial charge in [0.2, 0.25) is 0 Å². The number of benzene rings is 1. The molecule has 2 nitrogen and oxygen atoms in total. The van der Waals surface area contributed by atoms with Crippen LogP contribution in [0.5, 0.6) is 0 Å². The van der Waals surface area contributed by atoms with Gasteiger partial charge in [-0.3, -0.25) is 4.74 Å². The Morgan fingerprint density at radius 2 is 1.89 bits per heavy atom. The summed E-state index contributed by atoms with van der Waals surface area (Å²) in [7, 11) is 0. The highest BCUT2D eigenvalue weighted by molar-refractivity contribution is 6.18. The zero-order chi connectivity index (χ0) is 13.4. The first-order valence-electron chi connectivity index (χ1n) is 5.55. The van der Waals surface area contributed by atoms with Crippen LogP contribution in [0.4, 0.5) is 13.2 Å². The fraction of sp³-hybridized carbons (Fsp3) is 0.500. The van der Waals surface area contributed by atoms with Crippen LogP contribution in [0.2, 0.25) is 0 Å². The first-order chi connectivity index (χ1) is 8.51. The van der Waals surface area contributed by atoms with Crippen LogP contribution in [0.1, 0.15) is 5.56 Å². The molecule has 0 fully saturated rings. The highest BCUT2D eigenvalue weighted by Gasteiger charge is 2.28. The molecular formula is C12H15ClF3NO. The molecule has 1 unspecified atom stereocenters. The molecule has 18 heavy (non-hydrogen) atoms. The van der Waals surface area contributed by atoms with E-state index < -0.39 is 13.0 Å². The molecule has 1 atom stereocenters. The summed E-state index contributed by atoms with van der Waals surface area (Å²) in [6.07, 6.45) is -3.89. The lowest BCUT2D eigenvalue weighted by Crippen LogP contribution is -2.36. The standard InChI is InChI=1S/C12H15ClF3NO/c13-9-11(8-10-4-2-1-3-5-10)17-6-7-18-12(14,15)16/h1-5,11,17H,6-9H2. The van der Waals surface area contributed by atoms with Gasteiger partial charge in [-0.1, -0.05) is 30.3 Å². The number of nitrogens with one attached hydrogen (secondary N) is 1. The molecule has 0 radical (unpaired) electrons. The molecule has 1 N–H and O–H groups in total. The summed E-state index contributed by atoms with van der Waals surface area (Å²) >= 11 is 5.76. The molecular weight excluding hydrogens is 267 g/mol.